The fourth-order valence-electron chi connectivity index (χ4n) is 5.14. The van der Waals surface area contributed by atoms with Crippen molar-refractivity contribution in [2.45, 2.75) is 67.2 Å². The van der Waals surface area contributed by atoms with Gasteiger partial charge in [0.15, 0.2) is 0 Å². The topological polar surface area (TPSA) is 89.4 Å². The van der Waals surface area contributed by atoms with E-state index in [0.717, 1.165) is 61.6 Å². The van der Waals surface area contributed by atoms with Crippen LogP contribution in [0.15, 0.2) is 82.1 Å². The van der Waals surface area contributed by atoms with Crippen LogP contribution < -0.4 is 10.6 Å². The largest absolute Gasteiger partial charge is 0.383 e. The number of fused-ring (bicyclic) bond motifs is 2. The van der Waals surface area contributed by atoms with Crippen molar-refractivity contribution in [2.75, 3.05) is 52.4 Å². The summed E-state index contributed by atoms with van der Waals surface area (Å²) in [7, 11) is 0. The minimum absolute atomic E-state index is 0.160. The second-order valence-corrected chi connectivity index (χ2v) is 13.5. The molecule has 0 unspecified atom stereocenters. The number of hydrogen-bond donors (Lipinski definition) is 2. The van der Waals surface area contributed by atoms with Crippen LogP contribution in [0.4, 0.5) is 0 Å². The number of aliphatic imine (C=N–C) groups is 2. The lowest BCUT2D eigenvalue weighted by molar-refractivity contribution is -0.140. The van der Waals surface area contributed by atoms with E-state index in [1.54, 1.807) is 0 Å². The molecule has 3 aliphatic rings. The van der Waals surface area contributed by atoms with Crippen molar-refractivity contribution in [3.63, 3.8) is 0 Å². The van der Waals surface area contributed by atoms with E-state index >= 15 is 0 Å². The summed E-state index contributed by atoms with van der Waals surface area (Å²) in [6, 6.07) is 0. The van der Waals surface area contributed by atoms with Gasteiger partial charge in [0.25, 0.3) is 0 Å². The number of carbonyl (C=O) groups is 2. The Kier molecular flexibility index (Phi) is 13.4. The Hall–Kier alpha value is -3.68. The molecule has 2 amide bonds. The highest BCUT2D eigenvalue weighted by Gasteiger charge is 2.28. The van der Waals surface area contributed by atoms with Gasteiger partial charge in [-0.2, -0.15) is 0 Å². The highest BCUT2D eigenvalue weighted by molar-refractivity contribution is 6.09. The lowest BCUT2D eigenvalue weighted by atomic mass is 9.94. The minimum atomic E-state index is -0.444. The fourth-order valence-corrected chi connectivity index (χ4v) is 5.14. The first kappa shape index (κ1) is 34.8. The molecule has 240 valence electrons. The van der Waals surface area contributed by atoms with E-state index in [4.69, 9.17) is 9.98 Å². The van der Waals surface area contributed by atoms with Gasteiger partial charge in [0.2, 0.25) is 11.8 Å². The number of nitrogens with one attached hydrogen (secondary N) is 2. The molecule has 8 nitrogen and oxygen atoms in total. The van der Waals surface area contributed by atoms with Crippen LogP contribution in [0.2, 0.25) is 0 Å². The second-order valence-electron chi connectivity index (χ2n) is 13.5. The molecule has 8 heteroatoms. The first-order chi connectivity index (χ1) is 21.0. The van der Waals surface area contributed by atoms with Crippen molar-refractivity contribution in [3.8, 4) is 0 Å². The average Bonchev–Trinajstić information content (AvgIpc) is 3.33. The van der Waals surface area contributed by atoms with Crippen molar-refractivity contribution in [1.82, 2.24) is 20.4 Å². The van der Waals surface area contributed by atoms with Crippen molar-refractivity contribution in [2.24, 2.45) is 20.8 Å². The molecule has 0 saturated heterocycles. The van der Waals surface area contributed by atoms with Gasteiger partial charge in [-0.3, -0.25) is 19.6 Å². The van der Waals surface area contributed by atoms with Crippen LogP contribution in [0.5, 0.6) is 0 Å². The molecule has 3 rings (SSSR count). The van der Waals surface area contributed by atoms with Crippen LogP contribution in [0.1, 0.15) is 67.2 Å². The molecule has 1 aliphatic heterocycles. The summed E-state index contributed by atoms with van der Waals surface area (Å²) < 4.78 is 0. The van der Waals surface area contributed by atoms with E-state index in [9.17, 15) is 9.59 Å². The highest BCUT2D eigenvalue weighted by Crippen LogP contribution is 2.19. The van der Waals surface area contributed by atoms with Gasteiger partial charge in [-0.15, -0.1) is 0 Å². The van der Waals surface area contributed by atoms with Gasteiger partial charge in [0.1, 0.15) is 0 Å². The summed E-state index contributed by atoms with van der Waals surface area (Å²) in [4.78, 5) is 40.4. The Morgan fingerprint density at radius 1 is 0.591 bits per heavy atom. The number of hydrogen-bond acceptors (Lipinski definition) is 6. The zero-order valence-electron chi connectivity index (χ0n) is 27.9. The molecular formula is C36H54N6O2. The van der Waals surface area contributed by atoms with Crippen LogP contribution in [0.3, 0.4) is 0 Å². The van der Waals surface area contributed by atoms with Crippen molar-refractivity contribution >= 4 is 23.2 Å². The maximum absolute atomic E-state index is 13.3. The molecule has 0 saturated carbocycles. The molecule has 0 bridgehead atoms. The highest BCUT2D eigenvalue weighted by atomic mass is 16.2. The van der Waals surface area contributed by atoms with Crippen LogP contribution in [0.25, 0.3) is 0 Å². The standard InChI is InChI=1S/C36H54N6O2/c1-35(2,3)33(43)41-25-13-21-37-29-17-9-7-11-19-31(29)39-23-15-27-42(34(44)36(4,5)6)28-16-24-40-32-20-12-8-10-18-30(32)38-22-14-26-41/h7-12,17-20,37-38H,13-16,21-28H2,1-6H3. The molecule has 1 heterocycles. The molecule has 0 aromatic heterocycles. The first-order valence-electron chi connectivity index (χ1n) is 16.2. The van der Waals surface area contributed by atoms with Gasteiger partial charge in [0.05, 0.1) is 22.8 Å². The monoisotopic (exact) mass is 602 g/mol. The molecule has 2 N–H and O–H groups in total. The summed E-state index contributed by atoms with van der Waals surface area (Å²) in [6.45, 7) is 17.3. The first-order valence-corrected chi connectivity index (χ1v) is 16.2. The van der Waals surface area contributed by atoms with Gasteiger partial charge < -0.3 is 20.4 Å². The second kappa shape index (κ2) is 17.0. The molecule has 0 aromatic rings. The smallest absolute Gasteiger partial charge is 0.227 e. The average molecular weight is 603 g/mol. The number of amides is 2. The van der Waals surface area contributed by atoms with E-state index in [2.05, 4.69) is 22.8 Å². The van der Waals surface area contributed by atoms with E-state index in [0.29, 0.717) is 39.3 Å². The molecule has 0 radical (unpaired) electrons. The number of carbonyl (C=O) groups excluding carboxylic acids is 2. The Balaban J connectivity index is 1.81. The molecule has 2 aliphatic carbocycles. The predicted octanol–water partition coefficient (Wildman–Crippen LogP) is 5.39. The zero-order valence-corrected chi connectivity index (χ0v) is 27.9. The summed E-state index contributed by atoms with van der Waals surface area (Å²) in [5.74, 6) is 0.336. The van der Waals surface area contributed by atoms with Crippen molar-refractivity contribution in [3.05, 3.63) is 72.2 Å². The van der Waals surface area contributed by atoms with Gasteiger partial charge in [0, 0.05) is 63.2 Å². The fraction of sp³-hybridized carbons (Fsp3) is 0.556. The summed E-state index contributed by atoms with van der Waals surface area (Å²) in [5.41, 5.74) is 2.89. The maximum atomic E-state index is 13.3. The van der Waals surface area contributed by atoms with Crippen LogP contribution >= 0.6 is 0 Å². The lowest BCUT2D eigenvalue weighted by Crippen LogP contribution is -2.42. The van der Waals surface area contributed by atoms with Gasteiger partial charge in [-0.05, 0) is 50.0 Å². The normalized spacial score (nSPS) is 20.0. The maximum Gasteiger partial charge on any atom is 0.227 e. The van der Waals surface area contributed by atoms with E-state index in [-0.39, 0.29) is 11.8 Å². The van der Waals surface area contributed by atoms with E-state index in [1.165, 1.54) is 0 Å². The molecule has 0 spiro atoms. The summed E-state index contributed by atoms with van der Waals surface area (Å²) >= 11 is 0. The zero-order chi connectivity index (χ0) is 32.0. The van der Waals surface area contributed by atoms with E-state index in [1.807, 2.05) is 100.0 Å². The minimum Gasteiger partial charge on any atom is -0.383 e. The molecular weight excluding hydrogens is 548 g/mol. The Morgan fingerprint density at radius 2 is 0.977 bits per heavy atom. The van der Waals surface area contributed by atoms with Gasteiger partial charge in [-0.25, -0.2) is 0 Å². The number of nitrogens with zero attached hydrogens (tertiary/aromatic N) is 4. The van der Waals surface area contributed by atoms with Crippen molar-refractivity contribution in [1.29, 1.82) is 0 Å². The van der Waals surface area contributed by atoms with Crippen molar-refractivity contribution < 1.29 is 9.59 Å². The molecule has 0 fully saturated rings. The quantitative estimate of drug-likeness (QED) is 0.389. The Bertz CT molecular complexity index is 1160. The third-order valence-electron chi connectivity index (χ3n) is 7.47. The molecule has 0 aromatic carbocycles. The number of rotatable bonds is 0. The summed E-state index contributed by atoms with van der Waals surface area (Å²) in [5, 5.41) is 7.12. The van der Waals surface area contributed by atoms with E-state index < -0.39 is 10.8 Å². The third kappa shape index (κ3) is 11.4. The number of allylic oxidation sites excluding steroid dienone is 10. The predicted molar refractivity (Wildman–Crippen MR) is 184 cm³/mol. The lowest BCUT2D eigenvalue weighted by Gasteiger charge is -2.30. The van der Waals surface area contributed by atoms with Crippen LogP contribution in [-0.4, -0.2) is 85.4 Å². The SMILES string of the molecule is CC(C)(C)C(=O)N1CCCN=C2C=CC=CC=C2NCCCN(C(=O)C(C)(C)C)CCCNC2=CC=CC=CC2=NCCC1. The Labute approximate surface area is 265 Å². The van der Waals surface area contributed by atoms with Gasteiger partial charge in [-0.1, -0.05) is 78.0 Å². The van der Waals surface area contributed by atoms with Gasteiger partial charge >= 0.3 is 0 Å². The van der Waals surface area contributed by atoms with Crippen LogP contribution in [0, 0.1) is 10.8 Å². The summed E-state index contributed by atoms with van der Waals surface area (Å²) in [6.07, 6.45) is 23.4. The van der Waals surface area contributed by atoms with Crippen LogP contribution in [-0.2, 0) is 9.59 Å². The molecule has 0 atom stereocenters. The third-order valence-corrected chi connectivity index (χ3v) is 7.47. The Morgan fingerprint density at radius 3 is 1.36 bits per heavy atom. The molecule has 44 heavy (non-hydrogen) atoms.